The SMILES string of the molecule is O=C1NC2=C(C(=O)CCC2)C(c2c(OC(=O)c3ccccc3)ccc3ccccc23)N1. The molecule has 0 saturated heterocycles. The van der Waals surface area contributed by atoms with E-state index in [0.29, 0.717) is 47.4 Å². The number of urea groups is 1. The number of benzene rings is 3. The van der Waals surface area contributed by atoms with Gasteiger partial charge in [-0.2, -0.15) is 0 Å². The lowest BCUT2D eigenvalue weighted by molar-refractivity contribution is -0.116. The molecule has 2 amide bonds. The summed E-state index contributed by atoms with van der Waals surface area (Å²) in [6, 6.07) is 18.9. The van der Waals surface area contributed by atoms with Crippen LogP contribution in [-0.4, -0.2) is 17.8 Å². The van der Waals surface area contributed by atoms with Crippen LogP contribution >= 0.6 is 0 Å². The first kappa shape index (κ1) is 19.1. The van der Waals surface area contributed by atoms with Gasteiger partial charge in [0, 0.05) is 23.3 Å². The van der Waals surface area contributed by atoms with Crippen LogP contribution in [0, 0.1) is 0 Å². The van der Waals surface area contributed by atoms with E-state index in [0.717, 1.165) is 10.8 Å². The van der Waals surface area contributed by atoms with E-state index in [-0.39, 0.29) is 11.8 Å². The maximum Gasteiger partial charge on any atom is 0.343 e. The third-order valence-corrected chi connectivity index (χ3v) is 5.72. The number of fused-ring (bicyclic) bond motifs is 1. The number of amides is 2. The molecule has 1 aliphatic carbocycles. The summed E-state index contributed by atoms with van der Waals surface area (Å²) in [5.41, 5.74) is 2.22. The van der Waals surface area contributed by atoms with Gasteiger partial charge in [0.25, 0.3) is 0 Å². The Labute approximate surface area is 178 Å². The second-order valence-corrected chi connectivity index (χ2v) is 7.65. The van der Waals surface area contributed by atoms with Gasteiger partial charge in [0.1, 0.15) is 5.75 Å². The van der Waals surface area contributed by atoms with Crippen molar-refractivity contribution in [1.29, 1.82) is 0 Å². The standard InChI is InChI=1S/C25H20N2O4/c28-19-12-6-11-18-22(19)23(27-25(30)26-18)21-17-10-5-4-7-15(17)13-14-20(21)31-24(29)16-8-2-1-3-9-16/h1-5,7-10,13-14,23H,6,11-12H2,(H2,26,27,30). The number of esters is 1. The van der Waals surface area contributed by atoms with Gasteiger partial charge >= 0.3 is 12.0 Å². The van der Waals surface area contributed by atoms with Gasteiger partial charge in [-0.1, -0.05) is 48.5 Å². The zero-order valence-electron chi connectivity index (χ0n) is 16.7. The Bertz CT molecular complexity index is 1250. The number of ketones is 1. The molecule has 6 nitrogen and oxygen atoms in total. The molecule has 1 atom stereocenters. The van der Waals surface area contributed by atoms with Crippen molar-refractivity contribution in [3.63, 3.8) is 0 Å². The minimum Gasteiger partial charge on any atom is -0.423 e. The van der Waals surface area contributed by atoms with Crippen molar-refractivity contribution in [3.05, 3.63) is 89.1 Å². The highest BCUT2D eigenvalue weighted by molar-refractivity contribution is 6.03. The van der Waals surface area contributed by atoms with Crippen molar-refractivity contribution in [3.8, 4) is 5.75 Å². The predicted octanol–water partition coefficient (Wildman–Crippen LogP) is 4.42. The molecule has 1 unspecified atom stereocenters. The number of Topliss-reactive ketones (excluding diaryl/α,β-unsaturated/α-hetero) is 1. The number of carbonyl (C=O) groups excluding carboxylic acids is 3. The molecule has 0 bridgehead atoms. The molecular formula is C25H20N2O4. The largest absolute Gasteiger partial charge is 0.423 e. The molecule has 1 aliphatic heterocycles. The Balaban J connectivity index is 1.68. The summed E-state index contributed by atoms with van der Waals surface area (Å²) >= 11 is 0. The van der Waals surface area contributed by atoms with Gasteiger partial charge in [-0.3, -0.25) is 4.79 Å². The molecule has 0 aromatic heterocycles. The van der Waals surface area contributed by atoms with Crippen LogP contribution in [0.1, 0.15) is 41.2 Å². The fourth-order valence-corrected chi connectivity index (χ4v) is 4.32. The van der Waals surface area contributed by atoms with Crippen LogP contribution in [0.3, 0.4) is 0 Å². The Kier molecular flexibility index (Phi) is 4.75. The smallest absolute Gasteiger partial charge is 0.343 e. The van der Waals surface area contributed by atoms with Crippen LogP contribution in [0.25, 0.3) is 10.8 Å². The molecule has 0 radical (unpaired) electrons. The Morgan fingerprint density at radius 1 is 0.903 bits per heavy atom. The fourth-order valence-electron chi connectivity index (χ4n) is 4.32. The number of hydrogen-bond donors (Lipinski definition) is 2. The third-order valence-electron chi connectivity index (χ3n) is 5.72. The summed E-state index contributed by atoms with van der Waals surface area (Å²) < 4.78 is 5.80. The van der Waals surface area contributed by atoms with Crippen LogP contribution in [0.5, 0.6) is 5.75 Å². The minimum atomic E-state index is -0.693. The summed E-state index contributed by atoms with van der Waals surface area (Å²) in [5.74, 6) is -0.182. The molecule has 6 heteroatoms. The number of rotatable bonds is 3. The van der Waals surface area contributed by atoms with Crippen LogP contribution < -0.4 is 15.4 Å². The van der Waals surface area contributed by atoms with Gasteiger partial charge in [-0.15, -0.1) is 0 Å². The molecule has 0 fully saturated rings. The Morgan fingerprint density at radius 3 is 2.52 bits per heavy atom. The minimum absolute atomic E-state index is 0.00739. The summed E-state index contributed by atoms with van der Waals surface area (Å²) in [4.78, 5) is 38.1. The first-order valence-electron chi connectivity index (χ1n) is 10.2. The Morgan fingerprint density at radius 2 is 1.68 bits per heavy atom. The maximum absolute atomic E-state index is 12.9. The summed E-state index contributed by atoms with van der Waals surface area (Å²) in [5, 5.41) is 7.42. The normalized spacial score (nSPS) is 18.3. The molecule has 3 aromatic carbocycles. The fraction of sp³-hybridized carbons (Fsp3) is 0.160. The zero-order chi connectivity index (χ0) is 21.4. The van der Waals surface area contributed by atoms with Crippen LogP contribution in [0.4, 0.5) is 4.79 Å². The van der Waals surface area contributed by atoms with E-state index >= 15 is 0 Å². The van der Waals surface area contributed by atoms with Gasteiger partial charge in [0.05, 0.1) is 11.6 Å². The number of ether oxygens (including phenoxy) is 1. The molecule has 31 heavy (non-hydrogen) atoms. The molecule has 0 saturated carbocycles. The van der Waals surface area contributed by atoms with E-state index in [1.165, 1.54) is 0 Å². The van der Waals surface area contributed by atoms with Crippen LogP contribution in [0.15, 0.2) is 78.0 Å². The first-order chi connectivity index (χ1) is 15.1. The van der Waals surface area contributed by atoms with E-state index in [4.69, 9.17) is 4.74 Å². The zero-order valence-corrected chi connectivity index (χ0v) is 16.7. The third kappa shape index (κ3) is 3.46. The van der Waals surface area contributed by atoms with Crippen molar-refractivity contribution in [2.24, 2.45) is 0 Å². The Hall–Kier alpha value is -3.93. The molecule has 1 heterocycles. The van der Waals surface area contributed by atoms with Crippen molar-refractivity contribution >= 4 is 28.6 Å². The van der Waals surface area contributed by atoms with Gasteiger partial charge < -0.3 is 15.4 Å². The average molecular weight is 412 g/mol. The molecule has 3 aromatic rings. The van der Waals surface area contributed by atoms with Crippen molar-refractivity contribution in [1.82, 2.24) is 10.6 Å². The lowest BCUT2D eigenvalue weighted by atomic mass is 9.83. The summed E-state index contributed by atoms with van der Waals surface area (Å²) in [6.45, 7) is 0. The molecule has 2 N–H and O–H groups in total. The van der Waals surface area contributed by atoms with Crippen LogP contribution in [0.2, 0.25) is 0 Å². The number of allylic oxidation sites excluding steroid dienone is 1. The highest BCUT2D eigenvalue weighted by Gasteiger charge is 2.37. The van der Waals surface area contributed by atoms with Gasteiger partial charge in [0.15, 0.2) is 5.78 Å². The van der Waals surface area contributed by atoms with Gasteiger partial charge in [0.2, 0.25) is 0 Å². The second-order valence-electron chi connectivity index (χ2n) is 7.65. The molecule has 5 rings (SSSR count). The number of nitrogens with one attached hydrogen (secondary N) is 2. The summed E-state index contributed by atoms with van der Waals surface area (Å²) in [7, 11) is 0. The van der Waals surface area contributed by atoms with Gasteiger partial charge in [-0.05, 0) is 41.8 Å². The quantitative estimate of drug-likeness (QED) is 0.493. The van der Waals surface area contributed by atoms with E-state index in [1.54, 1.807) is 30.3 Å². The first-order valence-corrected chi connectivity index (χ1v) is 10.2. The molecular weight excluding hydrogens is 392 g/mol. The highest BCUT2D eigenvalue weighted by Crippen LogP contribution is 2.41. The van der Waals surface area contributed by atoms with E-state index in [1.807, 2.05) is 36.4 Å². The van der Waals surface area contributed by atoms with E-state index < -0.39 is 12.0 Å². The van der Waals surface area contributed by atoms with Crippen molar-refractivity contribution in [2.75, 3.05) is 0 Å². The molecule has 2 aliphatic rings. The maximum atomic E-state index is 12.9. The van der Waals surface area contributed by atoms with E-state index in [9.17, 15) is 14.4 Å². The average Bonchev–Trinajstić information content (AvgIpc) is 2.79. The van der Waals surface area contributed by atoms with Gasteiger partial charge in [-0.25, -0.2) is 9.59 Å². The summed E-state index contributed by atoms with van der Waals surface area (Å²) in [6.07, 6.45) is 1.77. The van der Waals surface area contributed by atoms with Crippen LogP contribution in [-0.2, 0) is 4.79 Å². The topological polar surface area (TPSA) is 84.5 Å². The molecule has 0 spiro atoms. The van der Waals surface area contributed by atoms with Crippen molar-refractivity contribution in [2.45, 2.75) is 25.3 Å². The van der Waals surface area contributed by atoms with E-state index in [2.05, 4.69) is 10.6 Å². The predicted molar refractivity (Wildman–Crippen MR) is 116 cm³/mol. The number of hydrogen-bond acceptors (Lipinski definition) is 4. The lowest BCUT2D eigenvalue weighted by Crippen LogP contribution is -2.46. The monoisotopic (exact) mass is 412 g/mol. The number of carbonyl (C=O) groups is 3. The van der Waals surface area contributed by atoms with Crippen molar-refractivity contribution < 1.29 is 19.1 Å². The lowest BCUT2D eigenvalue weighted by Gasteiger charge is -2.33. The highest BCUT2D eigenvalue weighted by atomic mass is 16.5. The second kappa shape index (κ2) is 7.72. The molecule has 154 valence electrons.